The molecule has 172 valence electrons. The van der Waals surface area contributed by atoms with E-state index in [1.54, 1.807) is 6.08 Å². The Hall–Kier alpha value is -3.18. The summed E-state index contributed by atoms with van der Waals surface area (Å²) in [6.45, 7) is 9.26. The molecule has 0 amide bonds. The summed E-state index contributed by atoms with van der Waals surface area (Å²) in [5.74, 6) is 0. The van der Waals surface area contributed by atoms with E-state index in [0.717, 1.165) is 16.7 Å². The smallest absolute Gasteiger partial charge is 0.121 e. The van der Waals surface area contributed by atoms with Gasteiger partial charge in [0.25, 0.3) is 0 Å². The average molecular weight is 445 g/mol. The number of rotatable bonds is 15. The quantitative estimate of drug-likeness (QED) is 0.210. The molecule has 0 fully saturated rings. The van der Waals surface area contributed by atoms with Gasteiger partial charge in [-0.25, -0.2) is 0 Å². The number of ether oxygens (including phenoxy) is 4. The third-order valence-corrected chi connectivity index (χ3v) is 5.18. The van der Waals surface area contributed by atoms with Crippen molar-refractivity contribution in [3.05, 3.63) is 133 Å². The summed E-state index contributed by atoms with van der Waals surface area (Å²) in [6.07, 6.45) is 1.95. The van der Waals surface area contributed by atoms with Crippen molar-refractivity contribution in [2.75, 3.05) is 6.61 Å². The van der Waals surface area contributed by atoms with Crippen LogP contribution in [0.3, 0.4) is 0 Å². The van der Waals surface area contributed by atoms with Gasteiger partial charge in [-0.05, 0) is 16.7 Å². The largest absolute Gasteiger partial charge is 0.499 e. The lowest BCUT2D eigenvalue weighted by atomic mass is 10.1. The summed E-state index contributed by atoms with van der Waals surface area (Å²) in [4.78, 5) is 0. The highest BCUT2D eigenvalue weighted by Crippen LogP contribution is 2.20. The molecule has 33 heavy (non-hydrogen) atoms. The Kier molecular flexibility index (Phi) is 10.4. The van der Waals surface area contributed by atoms with E-state index in [1.165, 1.54) is 6.26 Å². The third-order valence-electron chi connectivity index (χ3n) is 5.18. The van der Waals surface area contributed by atoms with Crippen LogP contribution in [0.5, 0.6) is 0 Å². The molecule has 3 aromatic rings. The standard InChI is InChI=1S/C29H32O4/c1-3-27(31-20-24-14-8-5-9-15-24)29(33-22-26-18-12-7-13-19-26)28(23-30-4-2)32-21-25-16-10-6-11-17-25/h3-19,27-29H,1-2,20-23H2/t27-,28+,29+/m0/s1. The average Bonchev–Trinajstić information content (AvgIpc) is 2.88. The predicted molar refractivity (Wildman–Crippen MR) is 131 cm³/mol. The first-order chi connectivity index (χ1) is 16.3. The second-order valence-corrected chi connectivity index (χ2v) is 7.59. The molecule has 0 unspecified atom stereocenters. The first-order valence-corrected chi connectivity index (χ1v) is 11.1. The molecule has 0 aromatic heterocycles. The van der Waals surface area contributed by atoms with Crippen molar-refractivity contribution in [3.8, 4) is 0 Å². The van der Waals surface area contributed by atoms with Gasteiger partial charge in [0, 0.05) is 0 Å². The molecular weight excluding hydrogens is 412 g/mol. The van der Waals surface area contributed by atoms with E-state index in [0.29, 0.717) is 19.8 Å². The van der Waals surface area contributed by atoms with Crippen molar-refractivity contribution < 1.29 is 18.9 Å². The van der Waals surface area contributed by atoms with Crippen LogP contribution in [-0.2, 0) is 38.8 Å². The molecule has 3 atom stereocenters. The molecule has 0 radical (unpaired) electrons. The topological polar surface area (TPSA) is 36.9 Å². The van der Waals surface area contributed by atoms with Crippen LogP contribution in [-0.4, -0.2) is 24.9 Å². The van der Waals surface area contributed by atoms with Crippen molar-refractivity contribution in [2.45, 2.75) is 38.1 Å². The Balaban J connectivity index is 1.76. The van der Waals surface area contributed by atoms with Gasteiger partial charge in [0.15, 0.2) is 0 Å². The van der Waals surface area contributed by atoms with Crippen LogP contribution in [0.2, 0.25) is 0 Å². The summed E-state index contributed by atoms with van der Waals surface area (Å²) in [5.41, 5.74) is 3.22. The lowest BCUT2D eigenvalue weighted by molar-refractivity contribution is -0.150. The van der Waals surface area contributed by atoms with Crippen molar-refractivity contribution in [3.63, 3.8) is 0 Å². The van der Waals surface area contributed by atoms with Gasteiger partial charge in [-0.15, -0.1) is 6.58 Å². The fraction of sp³-hybridized carbons (Fsp3) is 0.241. The zero-order chi connectivity index (χ0) is 23.1. The second kappa shape index (κ2) is 14.1. The van der Waals surface area contributed by atoms with Crippen LogP contribution in [0.1, 0.15) is 16.7 Å². The Morgan fingerprint density at radius 1 is 0.606 bits per heavy atom. The van der Waals surface area contributed by atoms with Gasteiger partial charge < -0.3 is 18.9 Å². The normalized spacial score (nSPS) is 13.6. The summed E-state index contributed by atoms with van der Waals surface area (Å²) >= 11 is 0. The third kappa shape index (κ3) is 8.35. The van der Waals surface area contributed by atoms with Crippen LogP contribution in [0.25, 0.3) is 0 Å². The monoisotopic (exact) mass is 444 g/mol. The highest BCUT2D eigenvalue weighted by molar-refractivity contribution is 5.15. The molecule has 0 aliphatic heterocycles. The Morgan fingerprint density at radius 3 is 1.52 bits per heavy atom. The Labute approximate surface area is 197 Å². The molecule has 0 aliphatic carbocycles. The van der Waals surface area contributed by atoms with E-state index in [9.17, 15) is 0 Å². The fourth-order valence-electron chi connectivity index (χ4n) is 3.42. The first kappa shape index (κ1) is 24.5. The Bertz CT molecular complexity index is 928. The lowest BCUT2D eigenvalue weighted by Crippen LogP contribution is -2.44. The van der Waals surface area contributed by atoms with Gasteiger partial charge >= 0.3 is 0 Å². The van der Waals surface area contributed by atoms with E-state index in [1.807, 2.05) is 91.0 Å². The zero-order valence-electron chi connectivity index (χ0n) is 18.9. The van der Waals surface area contributed by atoms with E-state index in [-0.39, 0.29) is 6.61 Å². The van der Waals surface area contributed by atoms with E-state index < -0.39 is 18.3 Å². The molecular formula is C29H32O4. The molecule has 0 saturated carbocycles. The minimum Gasteiger partial charge on any atom is -0.499 e. The maximum absolute atomic E-state index is 6.38. The van der Waals surface area contributed by atoms with Crippen LogP contribution < -0.4 is 0 Å². The summed E-state index contributed by atoms with van der Waals surface area (Å²) in [6, 6.07) is 30.1. The minimum absolute atomic E-state index is 0.287. The molecule has 0 N–H and O–H groups in total. The van der Waals surface area contributed by atoms with Crippen molar-refractivity contribution in [1.82, 2.24) is 0 Å². The van der Waals surface area contributed by atoms with Crippen molar-refractivity contribution in [2.24, 2.45) is 0 Å². The van der Waals surface area contributed by atoms with Gasteiger partial charge in [-0.3, -0.25) is 0 Å². The molecule has 3 rings (SSSR count). The van der Waals surface area contributed by atoms with E-state index in [4.69, 9.17) is 18.9 Å². The van der Waals surface area contributed by atoms with E-state index in [2.05, 4.69) is 13.2 Å². The lowest BCUT2D eigenvalue weighted by Gasteiger charge is -2.32. The van der Waals surface area contributed by atoms with Crippen LogP contribution >= 0.6 is 0 Å². The molecule has 0 bridgehead atoms. The first-order valence-electron chi connectivity index (χ1n) is 11.1. The molecule has 0 saturated heterocycles. The fourth-order valence-corrected chi connectivity index (χ4v) is 3.42. The molecule has 0 spiro atoms. The summed E-state index contributed by atoms with van der Waals surface area (Å²) in [5, 5.41) is 0. The van der Waals surface area contributed by atoms with Crippen LogP contribution in [0, 0.1) is 0 Å². The summed E-state index contributed by atoms with van der Waals surface area (Å²) in [7, 11) is 0. The number of hydrogen-bond acceptors (Lipinski definition) is 4. The number of benzene rings is 3. The van der Waals surface area contributed by atoms with Crippen molar-refractivity contribution >= 4 is 0 Å². The number of hydrogen-bond donors (Lipinski definition) is 0. The molecule has 4 heteroatoms. The molecule has 3 aromatic carbocycles. The SMILES string of the molecule is C=COC[C@@H](OCc1ccccc1)[C@H](OCc1ccccc1)[C@H](C=C)OCc1ccccc1. The highest BCUT2D eigenvalue weighted by Gasteiger charge is 2.31. The van der Waals surface area contributed by atoms with Crippen LogP contribution in [0.4, 0.5) is 0 Å². The maximum Gasteiger partial charge on any atom is 0.121 e. The van der Waals surface area contributed by atoms with Crippen LogP contribution in [0.15, 0.2) is 116 Å². The summed E-state index contributed by atoms with van der Waals surface area (Å²) < 4.78 is 24.5. The van der Waals surface area contributed by atoms with Gasteiger partial charge in [-0.1, -0.05) is 104 Å². The Morgan fingerprint density at radius 2 is 1.06 bits per heavy atom. The molecule has 4 nitrogen and oxygen atoms in total. The van der Waals surface area contributed by atoms with Gasteiger partial charge in [0.1, 0.15) is 24.9 Å². The van der Waals surface area contributed by atoms with Crippen molar-refractivity contribution in [1.29, 1.82) is 0 Å². The van der Waals surface area contributed by atoms with Gasteiger partial charge in [0.2, 0.25) is 0 Å². The highest BCUT2D eigenvalue weighted by atomic mass is 16.6. The van der Waals surface area contributed by atoms with E-state index >= 15 is 0 Å². The molecule has 0 heterocycles. The molecule has 0 aliphatic rings. The van der Waals surface area contributed by atoms with Gasteiger partial charge in [0.05, 0.1) is 26.1 Å². The maximum atomic E-state index is 6.38. The van der Waals surface area contributed by atoms with Gasteiger partial charge in [-0.2, -0.15) is 0 Å². The minimum atomic E-state index is -0.435. The predicted octanol–water partition coefficient (Wildman–Crippen LogP) is 6.09. The zero-order valence-corrected chi connectivity index (χ0v) is 18.9. The second-order valence-electron chi connectivity index (χ2n) is 7.59.